The van der Waals surface area contributed by atoms with E-state index < -0.39 is 0 Å². The Kier molecular flexibility index (Phi) is 6.84. The minimum Gasteiger partial charge on any atom is -0.496 e. The number of aromatic nitrogens is 2. The molecule has 5 rings (SSSR count). The van der Waals surface area contributed by atoms with Gasteiger partial charge in [-0.25, -0.2) is 4.98 Å². The first-order valence-electron chi connectivity index (χ1n) is 12.3. The number of furan rings is 1. The fourth-order valence-corrected chi connectivity index (χ4v) is 4.69. The molecule has 1 aliphatic heterocycles. The number of benzene rings is 2. The molecule has 2 aromatic heterocycles. The Morgan fingerprint density at radius 1 is 1.17 bits per heavy atom. The van der Waals surface area contributed by atoms with Crippen LogP contribution in [0.5, 0.6) is 11.5 Å². The minimum atomic E-state index is 0.142. The molecule has 4 aromatic rings. The summed E-state index contributed by atoms with van der Waals surface area (Å²) in [6.45, 7) is 3.72. The van der Waals surface area contributed by atoms with Crippen molar-refractivity contribution in [3.8, 4) is 23.0 Å². The molecule has 8 heteroatoms. The number of fused-ring (bicyclic) bond motifs is 1. The summed E-state index contributed by atoms with van der Waals surface area (Å²) in [5.74, 6) is 2.83. The van der Waals surface area contributed by atoms with Gasteiger partial charge < -0.3 is 28.5 Å². The molecule has 0 spiro atoms. The number of anilines is 1. The first-order valence-corrected chi connectivity index (χ1v) is 12.3. The Hall–Kier alpha value is -3.94. The van der Waals surface area contributed by atoms with Crippen molar-refractivity contribution in [2.24, 2.45) is 0 Å². The first kappa shape index (κ1) is 23.8. The van der Waals surface area contributed by atoms with Crippen molar-refractivity contribution in [2.45, 2.75) is 38.6 Å². The fraction of sp³-hybridized carbons (Fsp3) is 0.357. The summed E-state index contributed by atoms with van der Waals surface area (Å²) in [6, 6.07) is 14.8. The molecular weight excluding hydrogens is 456 g/mol. The molecule has 1 unspecified atom stereocenters. The zero-order valence-corrected chi connectivity index (χ0v) is 21.0. The van der Waals surface area contributed by atoms with E-state index in [1.54, 1.807) is 13.3 Å². The van der Waals surface area contributed by atoms with Crippen LogP contribution >= 0.6 is 0 Å². The van der Waals surface area contributed by atoms with Crippen LogP contribution in [0, 0.1) is 12.3 Å². The van der Waals surface area contributed by atoms with Crippen molar-refractivity contribution < 1.29 is 18.6 Å². The number of ether oxygens (including phenoxy) is 3. The smallest absolute Gasteiger partial charge is 0.187 e. The van der Waals surface area contributed by atoms with Crippen LogP contribution in [-0.4, -0.2) is 49.3 Å². The number of nitrogens with one attached hydrogen (secondary N) is 2. The maximum absolute atomic E-state index is 7.72. The fourth-order valence-electron chi connectivity index (χ4n) is 4.69. The molecule has 0 bridgehead atoms. The van der Waals surface area contributed by atoms with Gasteiger partial charge in [-0.2, -0.15) is 0 Å². The number of aryl methyl sites for hydroxylation is 1. The third-order valence-corrected chi connectivity index (χ3v) is 6.70. The van der Waals surface area contributed by atoms with Crippen LogP contribution in [0.3, 0.4) is 0 Å². The molecule has 36 heavy (non-hydrogen) atoms. The molecule has 0 radical (unpaired) electrons. The van der Waals surface area contributed by atoms with Crippen LogP contribution in [-0.2, 0) is 11.2 Å². The third-order valence-electron chi connectivity index (χ3n) is 6.70. The van der Waals surface area contributed by atoms with Crippen LogP contribution in [0.2, 0.25) is 0 Å². The summed E-state index contributed by atoms with van der Waals surface area (Å²) in [4.78, 5) is 10.0. The Labute approximate surface area is 210 Å². The summed E-state index contributed by atoms with van der Waals surface area (Å²) in [6.07, 6.45) is 5.47. The van der Waals surface area contributed by atoms with Crippen molar-refractivity contribution in [2.75, 3.05) is 32.3 Å². The average molecular weight is 489 g/mol. The van der Waals surface area contributed by atoms with E-state index in [1.807, 2.05) is 18.2 Å². The Bertz CT molecular complexity index is 1340. The minimum absolute atomic E-state index is 0.142. The number of piperidine rings is 1. The number of methoxy groups -OCH3 is 2. The maximum Gasteiger partial charge on any atom is 0.187 e. The quantitative estimate of drug-likeness (QED) is 0.242. The number of aromatic amines is 1. The summed E-state index contributed by atoms with van der Waals surface area (Å²) in [5, 5.41) is 8.60. The van der Waals surface area contributed by atoms with Gasteiger partial charge in [0.25, 0.3) is 0 Å². The second-order valence-electron chi connectivity index (χ2n) is 9.19. The van der Waals surface area contributed by atoms with Crippen molar-refractivity contribution >= 4 is 22.6 Å². The zero-order chi connectivity index (χ0) is 25.1. The summed E-state index contributed by atoms with van der Waals surface area (Å²) in [5.41, 5.74) is 3.92. The van der Waals surface area contributed by atoms with Gasteiger partial charge in [0.1, 0.15) is 35.2 Å². The highest BCUT2D eigenvalue weighted by atomic mass is 16.5. The molecule has 0 amide bonds. The monoisotopic (exact) mass is 488 g/mol. The lowest BCUT2D eigenvalue weighted by molar-refractivity contribution is 0.262. The second-order valence-corrected chi connectivity index (χ2v) is 9.19. The lowest BCUT2D eigenvalue weighted by atomic mass is 10.0. The van der Waals surface area contributed by atoms with Crippen molar-refractivity contribution in [3.05, 3.63) is 60.0 Å². The highest BCUT2D eigenvalue weighted by Crippen LogP contribution is 2.37. The molecule has 0 saturated carbocycles. The van der Waals surface area contributed by atoms with E-state index in [0.29, 0.717) is 35.6 Å². The maximum atomic E-state index is 7.72. The molecule has 8 nitrogen and oxygen atoms in total. The molecule has 188 valence electrons. The normalized spacial score (nSPS) is 15.8. The van der Waals surface area contributed by atoms with Gasteiger partial charge in [-0.1, -0.05) is 17.7 Å². The van der Waals surface area contributed by atoms with Gasteiger partial charge in [0.2, 0.25) is 0 Å². The van der Waals surface area contributed by atoms with Crippen LogP contribution in [0.1, 0.15) is 30.7 Å². The Morgan fingerprint density at radius 2 is 2.00 bits per heavy atom. The molecule has 1 saturated heterocycles. The van der Waals surface area contributed by atoms with E-state index in [9.17, 15) is 0 Å². The molecule has 1 atom stereocenters. The standard InChI is InChI=1S/C28H32N4O4/c1-18-7-9-19(10-8-18)32-11-5-4-6-20(32)17-35-24-12-21(33-2)13-25-22(24)14-26(36-25)23-16-30-28(31-23)15-27(29)34-3/h7-10,12-14,16,20,29H,4-6,11,15,17H2,1-3H3,(H,30,31). The molecule has 3 heterocycles. The van der Waals surface area contributed by atoms with E-state index in [1.165, 1.54) is 31.2 Å². The predicted molar refractivity (Wildman–Crippen MR) is 140 cm³/mol. The number of hydrogen-bond donors (Lipinski definition) is 2. The van der Waals surface area contributed by atoms with Crippen molar-refractivity contribution in [1.82, 2.24) is 9.97 Å². The van der Waals surface area contributed by atoms with Crippen molar-refractivity contribution in [3.63, 3.8) is 0 Å². The number of imidazole rings is 1. The second kappa shape index (κ2) is 10.4. The topological polar surface area (TPSA) is 96.6 Å². The number of nitrogens with zero attached hydrogens (tertiary/aromatic N) is 2. The molecule has 0 aliphatic carbocycles. The third kappa shape index (κ3) is 5.03. The first-order chi connectivity index (χ1) is 17.5. The van der Waals surface area contributed by atoms with Crippen LogP contribution in [0.15, 0.2) is 53.1 Å². The predicted octanol–water partition coefficient (Wildman–Crippen LogP) is 5.74. The molecule has 1 fully saturated rings. The van der Waals surface area contributed by atoms with Gasteiger partial charge in [0.15, 0.2) is 11.7 Å². The van der Waals surface area contributed by atoms with E-state index in [4.69, 9.17) is 24.0 Å². The van der Waals surface area contributed by atoms with E-state index in [-0.39, 0.29) is 12.3 Å². The summed E-state index contributed by atoms with van der Waals surface area (Å²) in [7, 11) is 3.12. The van der Waals surface area contributed by atoms with Gasteiger partial charge in [-0.15, -0.1) is 0 Å². The molecule has 2 aromatic carbocycles. The van der Waals surface area contributed by atoms with Crippen molar-refractivity contribution in [1.29, 1.82) is 5.41 Å². The largest absolute Gasteiger partial charge is 0.496 e. The highest BCUT2D eigenvalue weighted by molar-refractivity contribution is 5.89. The van der Waals surface area contributed by atoms with Gasteiger partial charge in [0, 0.05) is 24.4 Å². The van der Waals surface area contributed by atoms with E-state index in [0.717, 1.165) is 29.8 Å². The van der Waals surface area contributed by atoms with Crippen LogP contribution in [0.4, 0.5) is 5.69 Å². The summed E-state index contributed by atoms with van der Waals surface area (Å²) >= 11 is 0. The van der Waals surface area contributed by atoms with Crippen LogP contribution in [0.25, 0.3) is 22.4 Å². The molecule has 1 aliphatic rings. The van der Waals surface area contributed by atoms with E-state index in [2.05, 4.69) is 46.1 Å². The van der Waals surface area contributed by atoms with Gasteiger partial charge >= 0.3 is 0 Å². The SMILES string of the molecule is COC(=N)Cc1ncc(-c2cc3c(OCC4CCCCN4c4ccc(C)cc4)cc(OC)cc3o2)[nH]1. The molecule has 2 N–H and O–H groups in total. The Balaban J connectivity index is 1.39. The van der Waals surface area contributed by atoms with Gasteiger partial charge in [0.05, 0.1) is 38.3 Å². The van der Waals surface area contributed by atoms with Crippen LogP contribution < -0.4 is 14.4 Å². The average Bonchev–Trinajstić information content (AvgIpc) is 3.55. The number of rotatable bonds is 8. The number of hydrogen-bond acceptors (Lipinski definition) is 7. The summed E-state index contributed by atoms with van der Waals surface area (Å²) < 4.78 is 23.1. The zero-order valence-electron chi connectivity index (χ0n) is 21.0. The lowest BCUT2D eigenvalue weighted by Crippen LogP contribution is -2.43. The molecular formula is C28H32N4O4. The Morgan fingerprint density at radius 3 is 2.78 bits per heavy atom. The van der Waals surface area contributed by atoms with Gasteiger partial charge in [-0.05, 0) is 44.4 Å². The lowest BCUT2D eigenvalue weighted by Gasteiger charge is -2.37. The van der Waals surface area contributed by atoms with E-state index >= 15 is 0 Å². The number of H-pyrrole nitrogens is 1. The highest BCUT2D eigenvalue weighted by Gasteiger charge is 2.24. The van der Waals surface area contributed by atoms with Gasteiger partial charge in [-0.3, -0.25) is 5.41 Å².